The molecule has 0 saturated carbocycles. The zero-order valence-electron chi connectivity index (χ0n) is 14.0. The molecular weight excluding hydrogens is 346 g/mol. The Balaban J connectivity index is 2.47. The van der Waals surface area contributed by atoms with Crippen molar-refractivity contribution in [1.29, 1.82) is 0 Å². The molecule has 132 valence electrons. The van der Waals surface area contributed by atoms with Crippen molar-refractivity contribution in [3.05, 3.63) is 40.3 Å². The van der Waals surface area contributed by atoms with Gasteiger partial charge in [0, 0.05) is 12.6 Å². The molecule has 0 unspecified atom stereocenters. The standard InChI is InChI=1S/C16H18ClN5O3/c1-4-9-13(17)22-15(12(20-9)14(18)23)21-10-6-5-8(16(24)19-2)7-11(10)25-3/h5-7H,4H2,1-3H3,(H2,18,23)(H,19,24)(H,21,22). The number of anilines is 2. The van der Waals surface area contributed by atoms with Gasteiger partial charge < -0.3 is 21.1 Å². The van der Waals surface area contributed by atoms with Crippen LogP contribution in [0.1, 0.15) is 33.5 Å². The van der Waals surface area contributed by atoms with E-state index in [2.05, 4.69) is 20.6 Å². The Kier molecular flexibility index (Phi) is 5.76. The molecule has 0 aliphatic carbocycles. The summed E-state index contributed by atoms with van der Waals surface area (Å²) < 4.78 is 5.29. The van der Waals surface area contributed by atoms with Crippen LogP contribution in [-0.2, 0) is 6.42 Å². The van der Waals surface area contributed by atoms with Crippen LogP contribution in [0.25, 0.3) is 0 Å². The van der Waals surface area contributed by atoms with Crippen LogP contribution in [0.3, 0.4) is 0 Å². The lowest BCUT2D eigenvalue weighted by atomic mass is 10.1. The molecular formula is C16H18ClN5O3. The molecule has 0 fully saturated rings. The Morgan fingerprint density at radius 3 is 2.60 bits per heavy atom. The van der Waals surface area contributed by atoms with Crippen LogP contribution in [0.2, 0.25) is 5.15 Å². The fourth-order valence-electron chi connectivity index (χ4n) is 2.14. The third-order valence-electron chi connectivity index (χ3n) is 3.43. The minimum Gasteiger partial charge on any atom is -0.495 e. The molecule has 0 bridgehead atoms. The number of carbonyl (C=O) groups excluding carboxylic acids is 2. The van der Waals surface area contributed by atoms with Crippen LogP contribution < -0.4 is 21.1 Å². The molecule has 2 aromatic rings. The van der Waals surface area contributed by atoms with Gasteiger partial charge in [-0.2, -0.15) is 0 Å². The third kappa shape index (κ3) is 3.97. The monoisotopic (exact) mass is 363 g/mol. The molecule has 9 heteroatoms. The molecule has 4 N–H and O–H groups in total. The Labute approximate surface area is 149 Å². The van der Waals surface area contributed by atoms with Gasteiger partial charge in [-0.15, -0.1) is 0 Å². The quantitative estimate of drug-likeness (QED) is 0.721. The lowest BCUT2D eigenvalue weighted by molar-refractivity contribution is 0.0961. The molecule has 0 aliphatic rings. The van der Waals surface area contributed by atoms with Gasteiger partial charge in [-0.25, -0.2) is 9.97 Å². The summed E-state index contributed by atoms with van der Waals surface area (Å²) in [6, 6.07) is 4.78. The first kappa shape index (κ1) is 18.5. The van der Waals surface area contributed by atoms with E-state index >= 15 is 0 Å². The maximum Gasteiger partial charge on any atom is 0.271 e. The van der Waals surface area contributed by atoms with Crippen LogP contribution in [0.4, 0.5) is 11.5 Å². The number of benzene rings is 1. The van der Waals surface area contributed by atoms with Crippen molar-refractivity contribution in [1.82, 2.24) is 15.3 Å². The van der Waals surface area contributed by atoms with Crippen molar-refractivity contribution in [3.8, 4) is 5.75 Å². The number of primary amides is 1. The largest absolute Gasteiger partial charge is 0.495 e. The minimum absolute atomic E-state index is 0.0290. The predicted octanol–water partition coefficient (Wildman–Crippen LogP) is 1.90. The summed E-state index contributed by atoms with van der Waals surface area (Å²) in [4.78, 5) is 31.7. The predicted molar refractivity (Wildman–Crippen MR) is 94.6 cm³/mol. The van der Waals surface area contributed by atoms with Crippen molar-refractivity contribution in [3.63, 3.8) is 0 Å². The molecule has 1 aromatic carbocycles. The van der Waals surface area contributed by atoms with Crippen LogP contribution in [0.5, 0.6) is 5.75 Å². The van der Waals surface area contributed by atoms with Gasteiger partial charge in [-0.1, -0.05) is 18.5 Å². The van der Waals surface area contributed by atoms with Gasteiger partial charge in [0.25, 0.3) is 11.8 Å². The van der Waals surface area contributed by atoms with E-state index in [0.29, 0.717) is 29.1 Å². The van der Waals surface area contributed by atoms with E-state index in [1.54, 1.807) is 18.2 Å². The Morgan fingerprint density at radius 1 is 1.32 bits per heavy atom. The van der Waals surface area contributed by atoms with Crippen LogP contribution in [0.15, 0.2) is 18.2 Å². The van der Waals surface area contributed by atoms with E-state index in [1.807, 2.05) is 6.92 Å². The number of nitrogens with one attached hydrogen (secondary N) is 2. The molecule has 2 amide bonds. The Hall–Kier alpha value is -2.87. The van der Waals surface area contributed by atoms with Gasteiger partial charge in [0.05, 0.1) is 18.5 Å². The van der Waals surface area contributed by atoms with Gasteiger partial charge in [0.15, 0.2) is 16.7 Å². The normalized spacial score (nSPS) is 10.2. The van der Waals surface area contributed by atoms with E-state index in [-0.39, 0.29) is 22.6 Å². The molecule has 25 heavy (non-hydrogen) atoms. The summed E-state index contributed by atoms with van der Waals surface area (Å²) >= 11 is 6.08. The molecule has 0 aliphatic heterocycles. The number of aryl methyl sites for hydroxylation is 1. The van der Waals surface area contributed by atoms with Crippen LogP contribution in [0, 0.1) is 0 Å². The Morgan fingerprint density at radius 2 is 2.04 bits per heavy atom. The molecule has 1 heterocycles. The molecule has 0 saturated heterocycles. The van der Waals surface area contributed by atoms with Crippen molar-refractivity contribution in [2.24, 2.45) is 5.73 Å². The average molecular weight is 364 g/mol. The molecule has 0 atom stereocenters. The maximum atomic E-state index is 11.7. The second kappa shape index (κ2) is 7.80. The summed E-state index contributed by atoms with van der Waals surface area (Å²) in [5.74, 6) is -0.491. The fraction of sp³-hybridized carbons (Fsp3) is 0.250. The number of halogens is 1. The number of methoxy groups -OCH3 is 1. The molecule has 1 aromatic heterocycles. The van der Waals surface area contributed by atoms with E-state index < -0.39 is 5.91 Å². The van der Waals surface area contributed by atoms with Crippen LogP contribution >= 0.6 is 11.6 Å². The van der Waals surface area contributed by atoms with Gasteiger partial charge in [0.2, 0.25) is 0 Å². The number of aromatic nitrogens is 2. The van der Waals surface area contributed by atoms with Crippen molar-refractivity contribution in [2.45, 2.75) is 13.3 Å². The average Bonchev–Trinajstić information content (AvgIpc) is 2.61. The first-order chi connectivity index (χ1) is 11.9. The summed E-state index contributed by atoms with van der Waals surface area (Å²) in [6.07, 6.45) is 0.510. The number of rotatable bonds is 6. The second-order valence-electron chi connectivity index (χ2n) is 5.00. The number of nitrogens with zero attached hydrogens (tertiary/aromatic N) is 2. The molecule has 8 nitrogen and oxygen atoms in total. The van der Waals surface area contributed by atoms with Crippen LogP contribution in [-0.4, -0.2) is 35.9 Å². The number of ether oxygens (including phenoxy) is 1. The summed E-state index contributed by atoms with van der Waals surface area (Å²) in [5, 5.41) is 5.64. The van der Waals surface area contributed by atoms with E-state index in [4.69, 9.17) is 22.1 Å². The summed E-state index contributed by atoms with van der Waals surface area (Å²) in [6.45, 7) is 1.84. The first-order valence-electron chi connectivity index (χ1n) is 7.44. The molecule has 2 rings (SSSR count). The van der Waals surface area contributed by atoms with Crippen molar-refractivity contribution >= 4 is 34.9 Å². The van der Waals surface area contributed by atoms with Crippen molar-refractivity contribution < 1.29 is 14.3 Å². The Bertz CT molecular complexity index is 826. The van der Waals surface area contributed by atoms with Gasteiger partial charge in [-0.3, -0.25) is 9.59 Å². The highest BCUT2D eigenvalue weighted by atomic mass is 35.5. The first-order valence-corrected chi connectivity index (χ1v) is 7.82. The van der Waals surface area contributed by atoms with E-state index in [1.165, 1.54) is 14.2 Å². The summed E-state index contributed by atoms with van der Waals surface area (Å²) in [5.41, 5.74) is 6.73. The lowest BCUT2D eigenvalue weighted by Gasteiger charge is -2.14. The number of hydrogen-bond donors (Lipinski definition) is 3. The number of amides is 2. The topological polar surface area (TPSA) is 119 Å². The van der Waals surface area contributed by atoms with Crippen molar-refractivity contribution in [2.75, 3.05) is 19.5 Å². The molecule has 0 radical (unpaired) electrons. The third-order valence-corrected chi connectivity index (χ3v) is 3.73. The summed E-state index contributed by atoms with van der Waals surface area (Å²) in [7, 11) is 2.99. The highest BCUT2D eigenvalue weighted by Crippen LogP contribution is 2.30. The smallest absolute Gasteiger partial charge is 0.271 e. The maximum absolute atomic E-state index is 11.7. The zero-order valence-corrected chi connectivity index (χ0v) is 14.8. The van der Waals surface area contributed by atoms with Gasteiger partial charge in [-0.05, 0) is 24.6 Å². The number of nitrogens with two attached hydrogens (primary N) is 1. The van der Waals surface area contributed by atoms with E-state index in [0.717, 1.165) is 0 Å². The number of carbonyl (C=O) groups is 2. The minimum atomic E-state index is -0.734. The lowest BCUT2D eigenvalue weighted by Crippen LogP contribution is -2.19. The zero-order chi connectivity index (χ0) is 18.6. The van der Waals surface area contributed by atoms with Gasteiger partial charge >= 0.3 is 0 Å². The fourth-order valence-corrected chi connectivity index (χ4v) is 2.40. The van der Waals surface area contributed by atoms with Gasteiger partial charge in [0.1, 0.15) is 5.75 Å². The second-order valence-corrected chi connectivity index (χ2v) is 5.35. The SMILES string of the molecule is CCc1nc(C(N)=O)c(Nc2ccc(C(=O)NC)cc2OC)nc1Cl. The highest BCUT2D eigenvalue weighted by molar-refractivity contribution is 6.30. The number of hydrogen-bond acceptors (Lipinski definition) is 6. The molecule has 0 spiro atoms. The van der Waals surface area contributed by atoms with E-state index in [9.17, 15) is 9.59 Å². The highest BCUT2D eigenvalue weighted by Gasteiger charge is 2.18.